The Labute approximate surface area is 117 Å². The quantitative estimate of drug-likeness (QED) is 0.858. The molecule has 0 saturated heterocycles. The van der Waals surface area contributed by atoms with Crippen molar-refractivity contribution in [1.29, 1.82) is 0 Å². The smallest absolute Gasteiger partial charge is 0.261 e. The molecular formula is C14H14N2O3S. The molecule has 1 aromatic carbocycles. The molecule has 20 heavy (non-hydrogen) atoms. The normalized spacial score (nSPS) is 11.1. The van der Waals surface area contributed by atoms with Crippen LogP contribution in [-0.2, 0) is 10.0 Å². The summed E-state index contributed by atoms with van der Waals surface area (Å²) in [6.07, 6.45) is 3.32. The molecule has 104 valence electrons. The van der Waals surface area contributed by atoms with Crippen molar-refractivity contribution >= 4 is 21.5 Å². The van der Waals surface area contributed by atoms with Crippen LogP contribution in [-0.4, -0.2) is 19.2 Å². The van der Waals surface area contributed by atoms with E-state index in [1.165, 1.54) is 24.5 Å². The highest BCUT2D eigenvalue weighted by atomic mass is 32.2. The second kappa shape index (κ2) is 5.83. The Morgan fingerprint density at radius 2 is 1.90 bits per heavy atom. The van der Waals surface area contributed by atoms with E-state index in [2.05, 4.69) is 9.71 Å². The summed E-state index contributed by atoms with van der Waals surface area (Å²) in [5, 5.41) is 0. The standard InChI is InChI=1S/C14H14N2O3S/c1-2-14(17)11-4-3-5-13(10-11)20(18,19)16-12-6-8-15-9-7-12/h3-10H,2H2,1H3,(H,15,16). The van der Waals surface area contributed by atoms with E-state index in [-0.39, 0.29) is 10.7 Å². The fourth-order valence-corrected chi connectivity index (χ4v) is 2.78. The third-order valence-corrected chi connectivity index (χ3v) is 4.10. The van der Waals surface area contributed by atoms with Gasteiger partial charge >= 0.3 is 0 Å². The molecule has 0 aliphatic rings. The Bertz CT molecular complexity index is 712. The molecule has 1 heterocycles. The van der Waals surface area contributed by atoms with Gasteiger partial charge in [-0.1, -0.05) is 19.1 Å². The molecule has 0 fully saturated rings. The number of nitrogens with zero attached hydrogens (tertiary/aromatic N) is 1. The summed E-state index contributed by atoms with van der Waals surface area (Å²) in [5.74, 6) is -0.0917. The highest BCUT2D eigenvalue weighted by molar-refractivity contribution is 7.92. The van der Waals surface area contributed by atoms with E-state index in [1.54, 1.807) is 31.2 Å². The van der Waals surface area contributed by atoms with E-state index in [0.29, 0.717) is 17.7 Å². The molecule has 2 rings (SSSR count). The molecule has 6 heteroatoms. The lowest BCUT2D eigenvalue weighted by molar-refractivity contribution is 0.0988. The van der Waals surface area contributed by atoms with Crippen LogP contribution in [0, 0.1) is 0 Å². The molecule has 0 aliphatic heterocycles. The maximum absolute atomic E-state index is 12.2. The first kappa shape index (κ1) is 14.2. The van der Waals surface area contributed by atoms with Crippen LogP contribution in [0.2, 0.25) is 0 Å². The summed E-state index contributed by atoms with van der Waals surface area (Å²) in [6.45, 7) is 1.73. The number of anilines is 1. The minimum atomic E-state index is -3.71. The minimum Gasteiger partial charge on any atom is -0.294 e. The summed E-state index contributed by atoms with van der Waals surface area (Å²) in [6, 6.07) is 9.11. The van der Waals surface area contributed by atoms with Crippen molar-refractivity contribution in [3.05, 3.63) is 54.4 Å². The number of sulfonamides is 1. The molecule has 0 atom stereocenters. The van der Waals surface area contributed by atoms with Gasteiger partial charge in [0.15, 0.2) is 5.78 Å². The minimum absolute atomic E-state index is 0.0635. The first-order chi connectivity index (χ1) is 9.53. The van der Waals surface area contributed by atoms with E-state index >= 15 is 0 Å². The van der Waals surface area contributed by atoms with Gasteiger partial charge in [-0.3, -0.25) is 14.5 Å². The van der Waals surface area contributed by atoms with E-state index < -0.39 is 10.0 Å². The summed E-state index contributed by atoms with van der Waals surface area (Å²) in [5.41, 5.74) is 0.817. The zero-order chi connectivity index (χ0) is 14.6. The summed E-state index contributed by atoms with van der Waals surface area (Å²) < 4.78 is 26.9. The fraction of sp³-hybridized carbons (Fsp3) is 0.143. The summed E-state index contributed by atoms with van der Waals surface area (Å²) >= 11 is 0. The van der Waals surface area contributed by atoms with Crippen LogP contribution < -0.4 is 4.72 Å². The summed E-state index contributed by atoms with van der Waals surface area (Å²) in [4.78, 5) is 15.5. The van der Waals surface area contributed by atoms with Gasteiger partial charge in [-0.25, -0.2) is 8.42 Å². The van der Waals surface area contributed by atoms with Crippen molar-refractivity contribution in [2.24, 2.45) is 0 Å². The third-order valence-electron chi connectivity index (χ3n) is 2.72. The Kier molecular flexibility index (Phi) is 4.14. The maximum Gasteiger partial charge on any atom is 0.261 e. The number of aromatic nitrogens is 1. The van der Waals surface area contributed by atoms with Crippen molar-refractivity contribution < 1.29 is 13.2 Å². The monoisotopic (exact) mass is 290 g/mol. The Hall–Kier alpha value is -2.21. The lowest BCUT2D eigenvalue weighted by Gasteiger charge is -2.08. The number of rotatable bonds is 5. The number of benzene rings is 1. The van der Waals surface area contributed by atoms with Gasteiger partial charge < -0.3 is 0 Å². The van der Waals surface area contributed by atoms with E-state index in [9.17, 15) is 13.2 Å². The Morgan fingerprint density at radius 3 is 2.55 bits per heavy atom. The molecule has 0 bridgehead atoms. The van der Waals surface area contributed by atoms with Gasteiger partial charge in [0.05, 0.1) is 10.6 Å². The number of ketones is 1. The topological polar surface area (TPSA) is 76.1 Å². The first-order valence-corrected chi connectivity index (χ1v) is 7.57. The molecular weight excluding hydrogens is 276 g/mol. The predicted octanol–water partition coefficient (Wildman–Crippen LogP) is 2.48. The van der Waals surface area contributed by atoms with Crippen LogP contribution in [0.4, 0.5) is 5.69 Å². The molecule has 0 amide bonds. The molecule has 0 unspecified atom stereocenters. The lowest BCUT2D eigenvalue weighted by atomic mass is 10.1. The number of carbonyl (C=O) groups is 1. The molecule has 0 radical (unpaired) electrons. The zero-order valence-corrected chi connectivity index (χ0v) is 11.7. The maximum atomic E-state index is 12.2. The summed E-state index contributed by atoms with van der Waals surface area (Å²) in [7, 11) is -3.71. The molecule has 2 aromatic rings. The number of hydrogen-bond acceptors (Lipinski definition) is 4. The van der Waals surface area contributed by atoms with Gasteiger partial charge in [0, 0.05) is 24.4 Å². The molecule has 0 spiro atoms. The van der Waals surface area contributed by atoms with Gasteiger partial charge in [-0.2, -0.15) is 0 Å². The van der Waals surface area contributed by atoms with Crippen molar-refractivity contribution in [2.45, 2.75) is 18.2 Å². The second-order valence-electron chi connectivity index (χ2n) is 4.15. The van der Waals surface area contributed by atoms with Crippen LogP contribution in [0.15, 0.2) is 53.7 Å². The van der Waals surface area contributed by atoms with E-state index in [0.717, 1.165) is 0 Å². The first-order valence-electron chi connectivity index (χ1n) is 6.09. The molecule has 1 N–H and O–H groups in total. The molecule has 1 aromatic heterocycles. The van der Waals surface area contributed by atoms with Crippen LogP contribution in [0.3, 0.4) is 0 Å². The van der Waals surface area contributed by atoms with Crippen molar-refractivity contribution in [3.63, 3.8) is 0 Å². The predicted molar refractivity (Wildman–Crippen MR) is 76.1 cm³/mol. The van der Waals surface area contributed by atoms with Crippen LogP contribution in [0.5, 0.6) is 0 Å². The fourth-order valence-electron chi connectivity index (χ4n) is 1.67. The van der Waals surface area contributed by atoms with Gasteiger partial charge in [-0.15, -0.1) is 0 Å². The van der Waals surface area contributed by atoms with Crippen LogP contribution in [0.25, 0.3) is 0 Å². The van der Waals surface area contributed by atoms with Crippen LogP contribution >= 0.6 is 0 Å². The number of hydrogen-bond donors (Lipinski definition) is 1. The van der Waals surface area contributed by atoms with Crippen molar-refractivity contribution in [3.8, 4) is 0 Å². The molecule has 0 aliphatic carbocycles. The van der Waals surface area contributed by atoms with Gasteiger partial charge in [0.2, 0.25) is 0 Å². The average Bonchev–Trinajstić information content (AvgIpc) is 2.47. The molecule has 0 saturated carbocycles. The largest absolute Gasteiger partial charge is 0.294 e. The van der Waals surface area contributed by atoms with Crippen molar-refractivity contribution in [2.75, 3.05) is 4.72 Å². The van der Waals surface area contributed by atoms with Gasteiger partial charge in [0.25, 0.3) is 10.0 Å². The zero-order valence-electron chi connectivity index (χ0n) is 10.9. The SMILES string of the molecule is CCC(=O)c1cccc(S(=O)(=O)Nc2ccncc2)c1. The van der Waals surface area contributed by atoms with E-state index in [1.807, 2.05) is 0 Å². The van der Waals surface area contributed by atoms with Crippen LogP contribution in [0.1, 0.15) is 23.7 Å². The highest BCUT2D eigenvalue weighted by Gasteiger charge is 2.15. The van der Waals surface area contributed by atoms with Gasteiger partial charge in [-0.05, 0) is 24.3 Å². The lowest BCUT2D eigenvalue weighted by Crippen LogP contribution is -2.13. The number of carbonyl (C=O) groups excluding carboxylic acids is 1. The Balaban J connectivity index is 2.33. The average molecular weight is 290 g/mol. The highest BCUT2D eigenvalue weighted by Crippen LogP contribution is 2.17. The third kappa shape index (κ3) is 3.21. The Morgan fingerprint density at radius 1 is 1.20 bits per heavy atom. The second-order valence-corrected chi connectivity index (χ2v) is 5.83. The molecule has 5 nitrogen and oxygen atoms in total. The number of pyridine rings is 1. The number of nitrogens with one attached hydrogen (secondary N) is 1. The van der Waals surface area contributed by atoms with Gasteiger partial charge in [0.1, 0.15) is 0 Å². The van der Waals surface area contributed by atoms with E-state index in [4.69, 9.17) is 0 Å². The number of Topliss-reactive ketones (excluding diaryl/α,β-unsaturated/α-hetero) is 1. The van der Waals surface area contributed by atoms with Crippen molar-refractivity contribution in [1.82, 2.24) is 4.98 Å².